The molecule has 0 spiro atoms. The monoisotopic (exact) mass is 794 g/mol. The van der Waals surface area contributed by atoms with Gasteiger partial charge in [0.1, 0.15) is 11.2 Å². The van der Waals surface area contributed by atoms with Gasteiger partial charge in [0.2, 0.25) is 0 Å². The number of nitro benzene ring substituents is 2. The molecular formula is C38H24Cl2N6O10. The number of rotatable bonds is 8. The van der Waals surface area contributed by atoms with Gasteiger partial charge in [-0.1, -0.05) is 23.2 Å². The van der Waals surface area contributed by atoms with E-state index >= 15 is 0 Å². The van der Waals surface area contributed by atoms with Crippen LogP contribution >= 0.6 is 23.2 Å². The molecule has 0 aliphatic rings. The van der Waals surface area contributed by atoms with Crippen LogP contribution in [-0.2, 0) is 0 Å². The predicted octanol–water partition coefficient (Wildman–Crippen LogP) is 9.61. The molecule has 8 aromatic rings. The number of aromatic nitrogens is 2. The Morgan fingerprint density at radius 3 is 1.57 bits per heavy atom. The second-order valence-electron chi connectivity index (χ2n) is 11.7. The lowest BCUT2D eigenvalue weighted by atomic mass is 10.0. The molecule has 4 heterocycles. The quantitative estimate of drug-likeness (QED) is 0.109. The average Bonchev–Trinajstić information content (AvgIpc) is 3.78. The first kappa shape index (κ1) is 37.0. The van der Waals surface area contributed by atoms with E-state index < -0.39 is 15.8 Å². The van der Waals surface area contributed by atoms with Crippen molar-refractivity contribution in [3.05, 3.63) is 139 Å². The number of nitro groups is 2. The van der Waals surface area contributed by atoms with Crippen molar-refractivity contribution < 1.29 is 37.7 Å². The summed E-state index contributed by atoms with van der Waals surface area (Å²) in [4.78, 5) is 55.0. The lowest BCUT2D eigenvalue weighted by molar-refractivity contribution is -0.384. The van der Waals surface area contributed by atoms with Crippen LogP contribution in [0.4, 0.5) is 22.7 Å². The summed E-state index contributed by atoms with van der Waals surface area (Å²) in [5.74, 6) is -0.0791. The number of hydrogen-bond donors (Lipinski definition) is 2. The zero-order chi connectivity index (χ0) is 39.7. The van der Waals surface area contributed by atoms with Gasteiger partial charge in [-0.2, -0.15) is 0 Å². The molecule has 280 valence electrons. The number of methoxy groups -OCH3 is 2. The first-order valence-electron chi connectivity index (χ1n) is 16.2. The molecule has 0 bridgehead atoms. The Balaban J connectivity index is 0.000000172. The first-order valence-corrected chi connectivity index (χ1v) is 16.9. The molecule has 8 rings (SSSR count). The number of non-ortho nitro benzene ring substituents is 2. The van der Waals surface area contributed by atoms with Crippen LogP contribution in [0, 0.1) is 20.2 Å². The molecule has 0 aliphatic carbocycles. The molecule has 56 heavy (non-hydrogen) atoms. The number of hydrogen-bond acceptors (Lipinski definition) is 12. The van der Waals surface area contributed by atoms with Crippen LogP contribution < -0.4 is 20.1 Å². The van der Waals surface area contributed by atoms with E-state index in [9.17, 15) is 29.8 Å². The van der Waals surface area contributed by atoms with Crippen LogP contribution in [0.3, 0.4) is 0 Å². The summed E-state index contributed by atoms with van der Waals surface area (Å²) in [6, 6.07) is 18.1. The third kappa shape index (κ3) is 6.92. The average molecular weight is 796 g/mol. The summed E-state index contributed by atoms with van der Waals surface area (Å²) < 4.78 is 22.3. The van der Waals surface area contributed by atoms with Gasteiger partial charge in [0.05, 0.1) is 50.9 Å². The summed E-state index contributed by atoms with van der Waals surface area (Å²) in [5.41, 5.74) is 2.56. The van der Waals surface area contributed by atoms with Crippen LogP contribution in [-0.4, -0.2) is 45.8 Å². The number of anilines is 2. The zero-order valence-corrected chi connectivity index (χ0v) is 30.4. The maximum atomic E-state index is 13.0. The minimum atomic E-state index is -0.526. The second-order valence-corrected chi connectivity index (χ2v) is 12.6. The highest BCUT2D eigenvalue weighted by Crippen LogP contribution is 2.40. The van der Waals surface area contributed by atoms with Gasteiger partial charge >= 0.3 is 0 Å². The Bertz CT molecular complexity index is 2860. The second kappa shape index (κ2) is 15.2. The van der Waals surface area contributed by atoms with Gasteiger partial charge in [0.25, 0.3) is 23.2 Å². The lowest BCUT2D eigenvalue weighted by Gasteiger charge is -2.10. The number of amides is 2. The van der Waals surface area contributed by atoms with Gasteiger partial charge in [-0.05, 0) is 48.5 Å². The van der Waals surface area contributed by atoms with E-state index in [-0.39, 0.29) is 38.6 Å². The van der Waals surface area contributed by atoms with Gasteiger partial charge in [-0.15, -0.1) is 0 Å². The molecule has 2 amide bonds. The lowest BCUT2D eigenvalue weighted by Crippen LogP contribution is -2.13. The molecule has 0 fully saturated rings. The Hall–Kier alpha value is -7.30. The Kier molecular flexibility index (Phi) is 10.1. The summed E-state index contributed by atoms with van der Waals surface area (Å²) in [7, 11) is 2.95. The van der Waals surface area contributed by atoms with Crippen molar-refractivity contribution in [1.29, 1.82) is 0 Å². The van der Waals surface area contributed by atoms with Gasteiger partial charge < -0.3 is 28.9 Å². The van der Waals surface area contributed by atoms with E-state index in [1.807, 2.05) is 0 Å². The summed E-state index contributed by atoms with van der Waals surface area (Å²) in [6.07, 6.45) is 5.83. The number of fused-ring (bicyclic) bond motifs is 6. The largest absolute Gasteiger partial charge is 0.493 e. The van der Waals surface area contributed by atoms with Crippen LogP contribution in [0.5, 0.6) is 11.5 Å². The molecule has 0 radical (unpaired) electrons. The number of nitrogens with one attached hydrogen (secondary N) is 2. The van der Waals surface area contributed by atoms with Crippen molar-refractivity contribution in [2.24, 2.45) is 0 Å². The molecule has 0 unspecified atom stereocenters. The first-order chi connectivity index (χ1) is 27.0. The van der Waals surface area contributed by atoms with Crippen molar-refractivity contribution >= 4 is 102 Å². The van der Waals surface area contributed by atoms with Gasteiger partial charge in [0, 0.05) is 76.3 Å². The van der Waals surface area contributed by atoms with E-state index in [0.29, 0.717) is 66.6 Å². The number of nitrogens with zero attached hydrogens (tertiary/aromatic N) is 4. The zero-order valence-electron chi connectivity index (χ0n) is 28.9. The van der Waals surface area contributed by atoms with E-state index in [0.717, 1.165) is 0 Å². The smallest absolute Gasteiger partial charge is 0.270 e. The van der Waals surface area contributed by atoms with Crippen molar-refractivity contribution in [3.8, 4) is 11.5 Å². The predicted molar refractivity (Wildman–Crippen MR) is 208 cm³/mol. The number of benzene rings is 4. The molecule has 0 aliphatic heterocycles. The number of halogens is 2. The summed E-state index contributed by atoms with van der Waals surface area (Å²) in [6.45, 7) is 0. The highest BCUT2D eigenvalue weighted by atomic mass is 35.5. The van der Waals surface area contributed by atoms with E-state index in [2.05, 4.69) is 20.6 Å². The fourth-order valence-electron chi connectivity index (χ4n) is 5.96. The summed E-state index contributed by atoms with van der Waals surface area (Å²) in [5, 5.41) is 29.8. The highest BCUT2D eigenvalue weighted by molar-refractivity contribution is 6.40. The minimum Gasteiger partial charge on any atom is -0.493 e. The molecule has 4 aromatic heterocycles. The fraction of sp³-hybridized carbons (Fsp3) is 0.0526. The maximum Gasteiger partial charge on any atom is 0.270 e. The minimum absolute atomic E-state index is 0.0893. The SMILES string of the molecule is COc1ccc(C(=O)Nc2c(Cl)cncc2Cl)c2c1oc1ccc([N+](=O)[O-])cc12.COc1ccc(C(=O)Nc2ccncc2)c2c1oc1ccc([N+](=O)[O-])cc12. The van der Waals surface area contributed by atoms with Crippen molar-refractivity contribution in [2.75, 3.05) is 24.9 Å². The Morgan fingerprint density at radius 1 is 0.661 bits per heavy atom. The van der Waals surface area contributed by atoms with E-state index in [1.165, 1.54) is 69.1 Å². The molecule has 2 N–H and O–H groups in total. The van der Waals surface area contributed by atoms with E-state index in [4.69, 9.17) is 41.5 Å². The number of ether oxygens (including phenoxy) is 2. The molecule has 0 saturated carbocycles. The normalized spacial score (nSPS) is 10.9. The van der Waals surface area contributed by atoms with Crippen LogP contribution in [0.1, 0.15) is 20.7 Å². The van der Waals surface area contributed by atoms with Gasteiger partial charge in [-0.25, -0.2) is 0 Å². The molecular weight excluding hydrogens is 771 g/mol. The van der Waals surface area contributed by atoms with Gasteiger partial charge in [-0.3, -0.25) is 39.8 Å². The Labute approximate surface area is 323 Å². The number of carbonyl (C=O) groups is 2. The standard InChI is InChI=1S/C19H11Cl2N3O5.C19H13N3O5/c1-28-15-5-3-10(19(25)23-17-12(20)7-22-8-13(17)21)16-11-6-9(24(26)27)2-4-14(11)29-18(15)16;1-26-16-5-3-13(19(23)21-11-6-8-20-9-7-11)17-14-10-12(22(24)25)2-4-15(14)27-18(16)17/h2-8H,1H3,(H,22,23,25);2-10H,1H3,(H,20,21,23). The molecule has 4 aromatic carbocycles. The fourth-order valence-corrected chi connectivity index (χ4v) is 6.42. The van der Waals surface area contributed by atoms with Crippen molar-refractivity contribution in [3.63, 3.8) is 0 Å². The highest BCUT2D eigenvalue weighted by Gasteiger charge is 2.24. The third-order valence-electron chi connectivity index (χ3n) is 8.51. The third-order valence-corrected chi connectivity index (χ3v) is 9.09. The number of pyridine rings is 2. The molecule has 0 saturated heterocycles. The molecule has 16 nitrogen and oxygen atoms in total. The van der Waals surface area contributed by atoms with Crippen LogP contribution in [0.15, 0.2) is 106 Å². The topological polar surface area (TPSA) is 215 Å². The maximum absolute atomic E-state index is 13.0. The Morgan fingerprint density at radius 2 is 1.12 bits per heavy atom. The number of furan rings is 2. The van der Waals surface area contributed by atoms with Crippen molar-refractivity contribution in [1.82, 2.24) is 9.97 Å². The summed E-state index contributed by atoms with van der Waals surface area (Å²) >= 11 is 12.2. The van der Waals surface area contributed by atoms with Crippen LogP contribution in [0.2, 0.25) is 10.0 Å². The molecule has 0 atom stereocenters. The van der Waals surface area contributed by atoms with Crippen LogP contribution in [0.25, 0.3) is 43.9 Å². The molecule has 18 heteroatoms. The van der Waals surface area contributed by atoms with E-state index in [1.54, 1.807) is 42.7 Å². The van der Waals surface area contributed by atoms with Gasteiger partial charge in [0.15, 0.2) is 22.7 Å². The number of carbonyl (C=O) groups excluding carboxylic acids is 2. The van der Waals surface area contributed by atoms with Crippen molar-refractivity contribution in [2.45, 2.75) is 0 Å².